The topological polar surface area (TPSA) is 73.9 Å². The van der Waals surface area contributed by atoms with E-state index >= 15 is 0 Å². The SMILES string of the molecule is COc1ccc(Cl)cc1/C(N)=N/OC(=O)/C(=C\c1ccccc1)c1ccccc1. The summed E-state index contributed by atoms with van der Waals surface area (Å²) in [4.78, 5) is 17.9. The Balaban J connectivity index is 1.90. The van der Waals surface area contributed by atoms with Crippen LogP contribution in [0.25, 0.3) is 11.6 Å². The van der Waals surface area contributed by atoms with Gasteiger partial charge in [0.05, 0.1) is 18.2 Å². The molecule has 2 N–H and O–H groups in total. The first-order chi connectivity index (χ1) is 14.1. The molecule has 0 atom stereocenters. The van der Waals surface area contributed by atoms with Crippen molar-refractivity contribution in [2.45, 2.75) is 0 Å². The molecule has 0 amide bonds. The molecule has 0 aromatic heterocycles. The van der Waals surface area contributed by atoms with Crippen LogP contribution in [-0.2, 0) is 9.63 Å². The maximum absolute atomic E-state index is 12.8. The third-order valence-electron chi connectivity index (χ3n) is 4.08. The number of carbonyl (C=O) groups excluding carboxylic acids is 1. The van der Waals surface area contributed by atoms with E-state index in [1.165, 1.54) is 7.11 Å². The first kappa shape index (κ1) is 20.2. The molecule has 3 rings (SSSR count). The minimum Gasteiger partial charge on any atom is -0.496 e. The smallest absolute Gasteiger partial charge is 0.366 e. The van der Waals surface area contributed by atoms with Gasteiger partial charge in [-0.1, -0.05) is 77.4 Å². The number of rotatable bonds is 6. The van der Waals surface area contributed by atoms with Crippen LogP contribution in [0, 0.1) is 0 Å². The van der Waals surface area contributed by atoms with Crippen LogP contribution in [-0.4, -0.2) is 18.9 Å². The van der Waals surface area contributed by atoms with Gasteiger partial charge in [0.25, 0.3) is 0 Å². The standard InChI is InChI=1S/C23H19ClN2O3/c1-28-21-13-12-18(24)15-20(21)22(25)26-29-23(27)19(17-10-6-3-7-11-17)14-16-8-4-2-5-9-16/h2-15H,1H3,(H2,25,26)/b19-14-. The molecule has 0 saturated heterocycles. The van der Waals surface area contributed by atoms with Gasteiger partial charge in [0.1, 0.15) is 5.75 Å². The molecule has 0 aliphatic rings. The van der Waals surface area contributed by atoms with E-state index in [2.05, 4.69) is 5.16 Å². The second-order valence-electron chi connectivity index (χ2n) is 6.03. The number of hydrogen-bond donors (Lipinski definition) is 1. The normalized spacial score (nSPS) is 11.8. The van der Waals surface area contributed by atoms with E-state index < -0.39 is 5.97 Å². The molecular formula is C23H19ClN2O3. The third-order valence-corrected chi connectivity index (χ3v) is 4.31. The zero-order valence-electron chi connectivity index (χ0n) is 15.7. The molecule has 0 saturated carbocycles. The van der Waals surface area contributed by atoms with Crippen molar-refractivity contribution in [3.63, 3.8) is 0 Å². The fraction of sp³-hybridized carbons (Fsp3) is 0.0435. The number of nitrogens with zero attached hydrogens (tertiary/aromatic N) is 1. The van der Waals surface area contributed by atoms with Crippen molar-refractivity contribution >= 4 is 35.1 Å². The van der Waals surface area contributed by atoms with Crippen LogP contribution in [0.4, 0.5) is 0 Å². The van der Waals surface area contributed by atoms with Gasteiger partial charge in [-0.2, -0.15) is 0 Å². The number of nitrogens with two attached hydrogens (primary N) is 1. The number of oxime groups is 1. The minimum absolute atomic E-state index is 0.0233. The van der Waals surface area contributed by atoms with Crippen LogP contribution in [0.5, 0.6) is 5.75 Å². The first-order valence-electron chi connectivity index (χ1n) is 8.79. The summed E-state index contributed by atoms with van der Waals surface area (Å²) >= 11 is 6.02. The Labute approximate surface area is 174 Å². The molecule has 3 aromatic carbocycles. The Hall–Kier alpha value is -3.57. The molecule has 0 aliphatic carbocycles. The van der Waals surface area contributed by atoms with Gasteiger partial charge in [-0.15, -0.1) is 0 Å². The van der Waals surface area contributed by atoms with Crippen molar-refractivity contribution in [3.8, 4) is 5.75 Å². The van der Waals surface area contributed by atoms with Gasteiger partial charge < -0.3 is 15.3 Å². The fourth-order valence-corrected chi connectivity index (χ4v) is 2.84. The third kappa shape index (κ3) is 5.24. The van der Waals surface area contributed by atoms with Gasteiger partial charge in [0.15, 0.2) is 5.84 Å². The monoisotopic (exact) mass is 406 g/mol. The number of ether oxygens (including phenoxy) is 1. The highest BCUT2D eigenvalue weighted by Gasteiger charge is 2.15. The van der Waals surface area contributed by atoms with Crippen molar-refractivity contribution < 1.29 is 14.4 Å². The summed E-state index contributed by atoms with van der Waals surface area (Å²) in [5.74, 6) is -0.191. The lowest BCUT2D eigenvalue weighted by Crippen LogP contribution is -2.16. The largest absolute Gasteiger partial charge is 0.496 e. The minimum atomic E-state index is -0.635. The molecule has 3 aromatic rings. The molecule has 0 bridgehead atoms. The average molecular weight is 407 g/mol. The summed E-state index contributed by atoms with van der Waals surface area (Å²) in [6.07, 6.45) is 1.74. The molecule has 5 nitrogen and oxygen atoms in total. The first-order valence-corrected chi connectivity index (χ1v) is 9.17. The Kier molecular flexibility index (Phi) is 6.66. The molecule has 6 heteroatoms. The van der Waals surface area contributed by atoms with Crippen molar-refractivity contribution in [3.05, 3.63) is 101 Å². The summed E-state index contributed by atoms with van der Waals surface area (Å²) < 4.78 is 5.25. The maximum atomic E-state index is 12.8. The number of halogens is 1. The van der Waals surface area contributed by atoms with Crippen molar-refractivity contribution in [1.82, 2.24) is 0 Å². The molecule has 0 fully saturated rings. The predicted molar refractivity (Wildman–Crippen MR) is 116 cm³/mol. The summed E-state index contributed by atoms with van der Waals surface area (Å²) in [5.41, 5.74) is 8.34. The van der Waals surface area contributed by atoms with Crippen molar-refractivity contribution in [1.29, 1.82) is 0 Å². The van der Waals surface area contributed by atoms with E-state index in [0.717, 1.165) is 5.56 Å². The van der Waals surface area contributed by atoms with E-state index in [0.29, 0.717) is 27.5 Å². The molecular weight excluding hydrogens is 388 g/mol. The Bertz CT molecular complexity index is 1050. The fourth-order valence-electron chi connectivity index (χ4n) is 2.66. The van der Waals surface area contributed by atoms with Crippen molar-refractivity contribution in [2.24, 2.45) is 10.9 Å². The quantitative estimate of drug-likeness (QED) is 0.160. The summed E-state index contributed by atoms with van der Waals surface area (Å²) in [6, 6.07) is 23.6. The summed E-state index contributed by atoms with van der Waals surface area (Å²) in [7, 11) is 1.50. The van der Waals surface area contributed by atoms with E-state index in [-0.39, 0.29) is 5.84 Å². The molecule has 0 radical (unpaired) electrons. The molecule has 0 spiro atoms. The molecule has 0 unspecified atom stereocenters. The highest BCUT2D eigenvalue weighted by atomic mass is 35.5. The van der Waals surface area contributed by atoms with Gasteiger partial charge in [-0.25, -0.2) is 4.79 Å². The summed E-state index contributed by atoms with van der Waals surface area (Å²) in [5, 5.41) is 4.26. The Morgan fingerprint density at radius 1 is 1.00 bits per heavy atom. The molecule has 0 heterocycles. The average Bonchev–Trinajstić information content (AvgIpc) is 2.77. The van der Waals surface area contributed by atoms with Gasteiger partial charge in [0, 0.05) is 5.02 Å². The Morgan fingerprint density at radius 2 is 1.66 bits per heavy atom. The van der Waals surface area contributed by atoms with Crippen LogP contribution in [0.2, 0.25) is 5.02 Å². The molecule has 0 aliphatic heterocycles. The van der Waals surface area contributed by atoms with Crippen LogP contribution in [0.3, 0.4) is 0 Å². The number of benzene rings is 3. The second-order valence-corrected chi connectivity index (χ2v) is 6.47. The van der Waals surface area contributed by atoms with Gasteiger partial charge in [-0.3, -0.25) is 0 Å². The lowest BCUT2D eigenvalue weighted by Gasteiger charge is -2.09. The lowest BCUT2D eigenvalue weighted by atomic mass is 10.0. The van der Waals surface area contributed by atoms with E-state index in [4.69, 9.17) is 26.9 Å². The van der Waals surface area contributed by atoms with E-state index in [1.807, 2.05) is 60.7 Å². The number of methoxy groups -OCH3 is 1. The maximum Gasteiger partial charge on any atom is 0.366 e. The zero-order valence-corrected chi connectivity index (χ0v) is 16.5. The highest BCUT2D eigenvalue weighted by Crippen LogP contribution is 2.23. The van der Waals surface area contributed by atoms with Crippen molar-refractivity contribution in [2.75, 3.05) is 7.11 Å². The van der Waals surface area contributed by atoms with Crippen LogP contribution < -0.4 is 10.5 Å². The number of carbonyl (C=O) groups is 1. The van der Waals surface area contributed by atoms with E-state index in [9.17, 15) is 4.79 Å². The molecule has 29 heavy (non-hydrogen) atoms. The van der Waals surface area contributed by atoms with Gasteiger partial charge in [-0.05, 0) is 35.4 Å². The second kappa shape index (κ2) is 9.57. The number of hydrogen-bond acceptors (Lipinski definition) is 4. The van der Waals surface area contributed by atoms with Gasteiger partial charge in [0.2, 0.25) is 0 Å². The van der Waals surface area contributed by atoms with Gasteiger partial charge >= 0.3 is 5.97 Å². The van der Waals surface area contributed by atoms with Crippen LogP contribution in [0.15, 0.2) is 84.0 Å². The van der Waals surface area contributed by atoms with Crippen LogP contribution in [0.1, 0.15) is 16.7 Å². The highest BCUT2D eigenvalue weighted by molar-refractivity contribution is 6.31. The van der Waals surface area contributed by atoms with Crippen LogP contribution >= 0.6 is 11.6 Å². The Morgan fingerprint density at radius 3 is 2.31 bits per heavy atom. The van der Waals surface area contributed by atoms with E-state index in [1.54, 1.807) is 24.3 Å². The lowest BCUT2D eigenvalue weighted by molar-refractivity contribution is -0.136. The molecule has 146 valence electrons. The predicted octanol–water partition coefficient (Wildman–Crippen LogP) is 4.75. The zero-order chi connectivity index (χ0) is 20.6. The summed E-state index contributed by atoms with van der Waals surface area (Å²) in [6.45, 7) is 0. The number of amidine groups is 1.